The summed E-state index contributed by atoms with van der Waals surface area (Å²) in [5, 5.41) is 3.19. The number of benzene rings is 1. The van der Waals surface area contributed by atoms with E-state index in [4.69, 9.17) is 0 Å². The van der Waals surface area contributed by atoms with Crippen molar-refractivity contribution in [2.75, 3.05) is 6.26 Å². The molecule has 3 rings (SSSR count). The highest BCUT2D eigenvalue weighted by Crippen LogP contribution is 2.31. The Labute approximate surface area is 127 Å². The van der Waals surface area contributed by atoms with Gasteiger partial charge in [-0.2, -0.15) is 0 Å². The van der Waals surface area contributed by atoms with Gasteiger partial charge in [-0.3, -0.25) is 4.79 Å². The first-order valence-electron chi connectivity index (χ1n) is 6.80. The second-order valence-corrected chi connectivity index (χ2v) is 7.13. The Balaban J connectivity index is 1.77. The summed E-state index contributed by atoms with van der Waals surface area (Å²) < 4.78 is 1.18. The molecule has 20 heavy (non-hydrogen) atoms. The number of fused-ring (bicyclic) bond motifs is 1. The van der Waals surface area contributed by atoms with Crippen LogP contribution in [0.2, 0.25) is 0 Å². The first-order chi connectivity index (χ1) is 9.78. The summed E-state index contributed by atoms with van der Waals surface area (Å²) in [5.41, 5.74) is 2.66. The smallest absolute Gasteiger partial charge is 0.261 e. The van der Waals surface area contributed by atoms with Crippen molar-refractivity contribution in [3.63, 3.8) is 0 Å². The predicted molar refractivity (Wildman–Crippen MR) is 85.7 cm³/mol. The van der Waals surface area contributed by atoms with Crippen LogP contribution in [0.25, 0.3) is 0 Å². The average molecular weight is 303 g/mol. The van der Waals surface area contributed by atoms with Crippen LogP contribution in [-0.2, 0) is 6.42 Å². The highest BCUT2D eigenvalue weighted by molar-refractivity contribution is 8.00. The van der Waals surface area contributed by atoms with Gasteiger partial charge in [-0.25, -0.2) is 0 Å². The zero-order valence-electron chi connectivity index (χ0n) is 11.4. The van der Waals surface area contributed by atoms with Crippen LogP contribution in [0.4, 0.5) is 0 Å². The number of carbonyl (C=O) groups excluding carboxylic acids is 1. The number of amides is 1. The highest BCUT2D eigenvalue weighted by atomic mass is 32.2. The second-order valence-electron chi connectivity index (χ2n) is 4.94. The zero-order chi connectivity index (χ0) is 13.9. The lowest BCUT2D eigenvalue weighted by Crippen LogP contribution is -2.30. The molecule has 1 aliphatic rings. The topological polar surface area (TPSA) is 29.1 Å². The SMILES string of the molecule is CSc1ccc(C(=O)NC2CCCc3ccccc32)s1. The third-order valence-electron chi connectivity index (χ3n) is 3.68. The summed E-state index contributed by atoms with van der Waals surface area (Å²) in [6, 6.07) is 12.5. The van der Waals surface area contributed by atoms with Crippen molar-refractivity contribution in [2.24, 2.45) is 0 Å². The van der Waals surface area contributed by atoms with Crippen molar-refractivity contribution >= 4 is 29.0 Å². The molecule has 1 unspecified atom stereocenters. The number of thioether (sulfide) groups is 1. The Morgan fingerprint density at radius 3 is 2.95 bits per heavy atom. The van der Waals surface area contributed by atoms with Gasteiger partial charge in [-0.15, -0.1) is 23.1 Å². The van der Waals surface area contributed by atoms with E-state index < -0.39 is 0 Å². The second kappa shape index (κ2) is 6.02. The van der Waals surface area contributed by atoms with Crippen molar-refractivity contribution in [1.29, 1.82) is 0 Å². The molecular weight excluding hydrogens is 286 g/mol. The van der Waals surface area contributed by atoms with E-state index in [9.17, 15) is 4.79 Å². The molecule has 2 nitrogen and oxygen atoms in total. The van der Waals surface area contributed by atoms with Gasteiger partial charge in [0.15, 0.2) is 0 Å². The fourth-order valence-corrected chi connectivity index (χ4v) is 4.13. The van der Waals surface area contributed by atoms with Gasteiger partial charge < -0.3 is 5.32 Å². The highest BCUT2D eigenvalue weighted by Gasteiger charge is 2.22. The van der Waals surface area contributed by atoms with Crippen LogP contribution in [0.3, 0.4) is 0 Å². The molecule has 0 bridgehead atoms. The zero-order valence-corrected chi connectivity index (χ0v) is 13.0. The van der Waals surface area contributed by atoms with Gasteiger partial charge in [0, 0.05) is 0 Å². The molecule has 104 valence electrons. The molecule has 1 N–H and O–H groups in total. The van der Waals surface area contributed by atoms with Crippen LogP contribution < -0.4 is 5.32 Å². The standard InChI is InChI=1S/C16H17NOS2/c1-19-15-10-9-14(20-15)16(18)17-13-8-4-6-11-5-2-3-7-12(11)13/h2-3,5,7,9-10,13H,4,6,8H2,1H3,(H,17,18). The molecule has 0 spiro atoms. The molecule has 0 aliphatic heterocycles. The maximum atomic E-state index is 12.3. The van der Waals surface area contributed by atoms with Gasteiger partial charge in [0.2, 0.25) is 0 Å². The van der Waals surface area contributed by atoms with Gasteiger partial charge in [0.25, 0.3) is 5.91 Å². The van der Waals surface area contributed by atoms with Crippen LogP contribution in [0.5, 0.6) is 0 Å². The summed E-state index contributed by atoms with van der Waals surface area (Å²) in [4.78, 5) is 13.1. The van der Waals surface area contributed by atoms with Gasteiger partial charge in [0.1, 0.15) is 0 Å². The van der Waals surface area contributed by atoms with Gasteiger partial charge >= 0.3 is 0 Å². The molecule has 0 saturated heterocycles. The molecule has 0 radical (unpaired) electrons. The first kappa shape index (κ1) is 13.7. The molecule has 4 heteroatoms. The molecule has 1 atom stereocenters. The fourth-order valence-electron chi connectivity index (χ4n) is 2.69. The summed E-state index contributed by atoms with van der Waals surface area (Å²) in [7, 11) is 0. The first-order valence-corrected chi connectivity index (χ1v) is 8.84. The molecule has 1 amide bonds. The Kier molecular flexibility index (Phi) is 4.13. The maximum absolute atomic E-state index is 12.3. The van der Waals surface area contributed by atoms with Gasteiger partial charge in [-0.1, -0.05) is 24.3 Å². The third-order valence-corrected chi connectivity index (χ3v) is 5.85. The summed E-state index contributed by atoms with van der Waals surface area (Å²) in [6.45, 7) is 0. The Hall–Kier alpha value is -1.26. The molecule has 1 aromatic carbocycles. The normalized spacial score (nSPS) is 17.6. The Morgan fingerprint density at radius 2 is 2.15 bits per heavy atom. The largest absolute Gasteiger partial charge is 0.345 e. The minimum atomic E-state index is 0.0528. The van der Waals surface area contributed by atoms with Gasteiger partial charge in [0.05, 0.1) is 15.1 Å². The molecule has 0 saturated carbocycles. The number of aryl methyl sites for hydroxylation is 1. The Morgan fingerprint density at radius 1 is 1.30 bits per heavy atom. The van der Waals surface area contributed by atoms with E-state index >= 15 is 0 Å². The number of carbonyl (C=O) groups is 1. The van der Waals surface area contributed by atoms with Crippen LogP contribution in [0, 0.1) is 0 Å². The van der Waals surface area contributed by atoms with Gasteiger partial charge in [-0.05, 0) is 48.8 Å². The molecule has 1 aromatic heterocycles. The lowest BCUT2D eigenvalue weighted by molar-refractivity contribution is 0.0937. The lowest BCUT2D eigenvalue weighted by atomic mass is 9.88. The maximum Gasteiger partial charge on any atom is 0.261 e. The number of hydrogen-bond donors (Lipinski definition) is 1. The molecule has 2 aromatic rings. The molecular formula is C16H17NOS2. The van der Waals surface area contributed by atoms with Crippen molar-refractivity contribution in [2.45, 2.75) is 29.5 Å². The van der Waals surface area contributed by atoms with Crippen LogP contribution in [0.1, 0.15) is 39.7 Å². The van der Waals surface area contributed by atoms with Crippen LogP contribution in [0.15, 0.2) is 40.6 Å². The van der Waals surface area contributed by atoms with Crippen molar-refractivity contribution in [3.8, 4) is 0 Å². The van der Waals surface area contributed by atoms with E-state index in [1.807, 2.05) is 18.4 Å². The number of hydrogen-bond acceptors (Lipinski definition) is 3. The van der Waals surface area contributed by atoms with E-state index in [-0.39, 0.29) is 11.9 Å². The number of rotatable bonds is 3. The quantitative estimate of drug-likeness (QED) is 0.858. The average Bonchev–Trinajstić information content (AvgIpc) is 2.97. The van der Waals surface area contributed by atoms with Crippen LogP contribution >= 0.6 is 23.1 Å². The minimum absolute atomic E-state index is 0.0528. The molecule has 1 aliphatic carbocycles. The van der Waals surface area contributed by atoms with E-state index in [0.29, 0.717) is 0 Å². The summed E-state index contributed by atoms with van der Waals surface area (Å²) in [6.07, 6.45) is 5.33. The minimum Gasteiger partial charge on any atom is -0.345 e. The fraction of sp³-hybridized carbons (Fsp3) is 0.312. The van der Waals surface area contributed by atoms with Crippen molar-refractivity contribution in [1.82, 2.24) is 5.32 Å². The van der Waals surface area contributed by atoms with E-state index in [1.54, 1.807) is 23.1 Å². The number of nitrogens with one attached hydrogen (secondary N) is 1. The van der Waals surface area contributed by atoms with E-state index in [0.717, 1.165) is 24.1 Å². The van der Waals surface area contributed by atoms with Crippen LogP contribution in [-0.4, -0.2) is 12.2 Å². The Bertz CT molecular complexity index is 620. The molecule has 0 fully saturated rings. The summed E-state index contributed by atoms with van der Waals surface area (Å²) >= 11 is 3.24. The lowest BCUT2D eigenvalue weighted by Gasteiger charge is -2.26. The number of thiophene rings is 1. The predicted octanol–water partition coefficient (Wildman–Crippen LogP) is 4.28. The van der Waals surface area contributed by atoms with Crippen molar-refractivity contribution < 1.29 is 4.79 Å². The van der Waals surface area contributed by atoms with Crippen molar-refractivity contribution in [3.05, 3.63) is 52.4 Å². The third kappa shape index (κ3) is 2.76. The molecule has 1 heterocycles. The van der Waals surface area contributed by atoms with E-state index in [1.165, 1.54) is 15.3 Å². The monoisotopic (exact) mass is 303 g/mol. The summed E-state index contributed by atoms with van der Waals surface area (Å²) in [5.74, 6) is 0.0528. The van der Waals surface area contributed by atoms with E-state index in [2.05, 4.69) is 29.6 Å².